The molecule has 0 bridgehead atoms. The SMILES string of the molecule is Cc1ccc(-c2nc(C(C)N3CCNCC3)no2)cc1Br. The van der Waals surface area contributed by atoms with E-state index in [9.17, 15) is 0 Å². The van der Waals surface area contributed by atoms with Gasteiger partial charge in [-0.2, -0.15) is 4.98 Å². The highest BCUT2D eigenvalue weighted by molar-refractivity contribution is 9.10. The number of nitrogens with one attached hydrogen (secondary N) is 1. The number of rotatable bonds is 3. The minimum absolute atomic E-state index is 0.179. The van der Waals surface area contributed by atoms with E-state index in [0.29, 0.717) is 5.89 Å². The summed E-state index contributed by atoms with van der Waals surface area (Å²) in [4.78, 5) is 6.94. The molecule has 0 spiro atoms. The smallest absolute Gasteiger partial charge is 0.258 e. The van der Waals surface area contributed by atoms with Crippen LogP contribution in [0.3, 0.4) is 0 Å². The molecule has 0 aliphatic carbocycles. The van der Waals surface area contributed by atoms with Crippen molar-refractivity contribution in [2.75, 3.05) is 26.2 Å². The number of halogens is 1. The molecular weight excluding hydrogens is 332 g/mol. The van der Waals surface area contributed by atoms with E-state index in [0.717, 1.165) is 42.0 Å². The minimum atomic E-state index is 0.179. The molecule has 1 aromatic carbocycles. The van der Waals surface area contributed by atoms with Crippen LogP contribution in [0.15, 0.2) is 27.2 Å². The standard InChI is InChI=1S/C15H19BrN4O/c1-10-3-4-12(9-13(10)16)15-18-14(19-21-15)11(2)20-7-5-17-6-8-20/h3-4,9,11,17H,5-8H2,1-2H3. The largest absolute Gasteiger partial charge is 0.334 e. The van der Waals surface area contributed by atoms with E-state index < -0.39 is 0 Å². The quantitative estimate of drug-likeness (QED) is 0.922. The summed E-state index contributed by atoms with van der Waals surface area (Å²) in [5, 5.41) is 7.51. The Kier molecular flexibility index (Phi) is 4.37. The highest BCUT2D eigenvalue weighted by Gasteiger charge is 2.22. The molecule has 2 heterocycles. The average molecular weight is 351 g/mol. The van der Waals surface area contributed by atoms with Gasteiger partial charge in [-0.25, -0.2) is 0 Å². The number of piperazine rings is 1. The molecule has 1 N–H and O–H groups in total. The van der Waals surface area contributed by atoms with Gasteiger partial charge in [0.25, 0.3) is 5.89 Å². The maximum atomic E-state index is 5.43. The second-order valence-electron chi connectivity index (χ2n) is 5.38. The summed E-state index contributed by atoms with van der Waals surface area (Å²) >= 11 is 3.54. The van der Waals surface area contributed by atoms with Crippen LogP contribution in [-0.4, -0.2) is 41.2 Å². The molecule has 2 aromatic rings. The van der Waals surface area contributed by atoms with Crippen LogP contribution in [0, 0.1) is 6.92 Å². The first kappa shape index (κ1) is 14.7. The third kappa shape index (κ3) is 3.17. The van der Waals surface area contributed by atoms with Crippen molar-refractivity contribution in [2.24, 2.45) is 0 Å². The Bertz CT molecular complexity index is 622. The number of aryl methyl sites for hydroxylation is 1. The van der Waals surface area contributed by atoms with Crippen LogP contribution in [0.4, 0.5) is 0 Å². The highest BCUT2D eigenvalue weighted by Crippen LogP contribution is 2.26. The monoisotopic (exact) mass is 350 g/mol. The molecule has 6 heteroatoms. The summed E-state index contributed by atoms with van der Waals surface area (Å²) in [7, 11) is 0. The molecule has 5 nitrogen and oxygen atoms in total. The molecule has 1 aromatic heterocycles. The lowest BCUT2D eigenvalue weighted by Gasteiger charge is -2.30. The summed E-state index contributed by atoms with van der Waals surface area (Å²) in [6, 6.07) is 6.25. The van der Waals surface area contributed by atoms with E-state index in [1.807, 2.05) is 18.2 Å². The molecular formula is C15H19BrN4O. The molecule has 1 aliphatic rings. The molecule has 0 radical (unpaired) electrons. The van der Waals surface area contributed by atoms with Crippen LogP contribution in [0.5, 0.6) is 0 Å². The van der Waals surface area contributed by atoms with E-state index in [1.54, 1.807) is 0 Å². The summed E-state index contributed by atoms with van der Waals surface area (Å²) in [6.07, 6.45) is 0. The molecule has 1 aliphatic heterocycles. The van der Waals surface area contributed by atoms with Gasteiger partial charge in [0.05, 0.1) is 6.04 Å². The fraction of sp³-hybridized carbons (Fsp3) is 0.467. The van der Waals surface area contributed by atoms with Crippen molar-refractivity contribution in [1.82, 2.24) is 20.4 Å². The molecule has 1 atom stereocenters. The molecule has 1 saturated heterocycles. The highest BCUT2D eigenvalue weighted by atomic mass is 79.9. The van der Waals surface area contributed by atoms with Gasteiger partial charge in [0.15, 0.2) is 5.82 Å². The predicted molar refractivity (Wildman–Crippen MR) is 85.0 cm³/mol. The predicted octanol–water partition coefficient (Wildman–Crippen LogP) is 2.77. The van der Waals surface area contributed by atoms with Crippen LogP contribution in [0.1, 0.15) is 24.4 Å². The summed E-state index contributed by atoms with van der Waals surface area (Å²) in [5.41, 5.74) is 2.13. The Morgan fingerprint density at radius 3 is 2.81 bits per heavy atom. The first-order chi connectivity index (χ1) is 10.1. The van der Waals surface area contributed by atoms with Crippen molar-refractivity contribution in [1.29, 1.82) is 0 Å². The molecule has 1 fully saturated rings. The fourth-order valence-corrected chi connectivity index (χ4v) is 2.86. The molecule has 3 rings (SSSR count). The second-order valence-corrected chi connectivity index (χ2v) is 6.24. The number of hydrogen-bond donors (Lipinski definition) is 1. The Hall–Kier alpha value is -1.24. The third-order valence-corrected chi connectivity index (χ3v) is 4.79. The van der Waals surface area contributed by atoms with Crippen molar-refractivity contribution in [3.8, 4) is 11.5 Å². The topological polar surface area (TPSA) is 54.2 Å². The number of hydrogen-bond acceptors (Lipinski definition) is 5. The van der Waals surface area contributed by atoms with Crippen molar-refractivity contribution >= 4 is 15.9 Å². The Morgan fingerprint density at radius 2 is 2.10 bits per heavy atom. The summed E-state index contributed by atoms with van der Waals surface area (Å²) in [6.45, 7) is 8.24. The number of aromatic nitrogens is 2. The lowest BCUT2D eigenvalue weighted by molar-refractivity contribution is 0.176. The van der Waals surface area contributed by atoms with Gasteiger partial charge >= 0.3 is 0 Å². The van der Waals surface area contributed by atoms with Crippen LogP contribution >= 0.6 is 15.9 Å². The van der Waals surface area contributed by atoms with E-state index in [4.69, 9.17) is 4.52 Å². The van der Waals surface area contributed by atoms with Crippen molar-refractivity contribution in [3.63, 3.8) is 0 Å². The third-order valence-electron chi connectivity index (χ3n) is 3.93. The lowest BCUT2D eigenvalue weighted by atomic mass is 10.1. The zero-order chi connectivity index (χ0) is 14.8. The van der Waals surface area contributed by atoms with E-state index >= 15 is 0 Å². The van der Waals surface area contributed by atoms with Crippen LogP contribution in [0.25, 0.3) is 11.5 Å². The lowest BCUT2D eigenvalue weighted by Crippen LogP contribution is -2.44. The van der Waals surface area contributed by atoms with E-state index in [2.05, 4.69) is 50.1 Å². The minimum Gasteiger partial charge on any atom is -0.334 e. The van der Waals surface area contributed by atoms with Gasteiger partial charge in [-0.1, -0.05) is 27.2 Å². The van der Waals surface area contributed by atoms with Gasteiger partial charge in [-0.3, -0.25) is 4.90 Å². The maximum absolute atomic E-state index is 5.43. The normalized spacial score (nSPS) is 17.9. The van der Waals surface area contributed by atoms with Crippen LogP contribution in [0.2, 0.25) is 0 Å². The molecule has 21 heavy (non-hydrogen) atoms. The Morgan fingerprint density at radius 1 is 1.33 bits per heavy atom. The molecule has 112 valence electrons. The van der Waals surface area contributed by atoms with Crippen molar-refractivity contribution < 1.29 is 4.52 Å². The van der Waals surface area contributed by atoms with Crippen LogP contribution < -0.4 is 5.32 Å². The van der Waals surface area contributed by atoms with Gasteiger partial charge in [-0.15, -0.1) is 0 Å². The van der Waals surface area contributed by atoms with Gasteiger partial charge in [0.1, 0.15) is 0 Å². The first-order valence-electron chi connectivity index (χ1n) is 7.20. The van der Waals surface area contributed by atoms with Gasteiger partial charge in [0, 0.05) is 36.2 Å². The summed E-state index contributed by atoms with van der Waals surface area (Å²) < 4.78 is 6.48. The first-order valence-corrected chi connectivity index (χ1v) is 7.99. The molecule has 0 saturated carbocycles. The Balaban J connectivity index is 1.80. The molecule has 1 unspecified atom stereocenters. The van der Waals surface area contributed by atoms with E-state index in [1.165, 1.54) is 5.56 Å². The second kappa shape index (κ2) is 6.25. The van der Waals surface area contributed by atoms with Gasteiger partial charge in [-0.05, 0) is 31.5 Å². The fourth-order valence-electron chi connectivity index (χ4n) is 2.48. The van der Waals surface area contributed by atoms with Gasteiger partial charge in [0.2, 0.25) is 0 Å². The summed E-state index contributed by atoms with van der Waals surface area (Å²) in [5.74, 6) is 1.33. The van der Waals surface area contributed by atoms with E-state index in [-0.39, 0.29) is 6.04 Å². The van der Waals surface area contributed by atoms with Crippen LogP contribution in [-0.2, 0) is 0 Å². The molecule has 0 amide bonds. The zero-order valence-electron chi connectivity index (χ0n) is 12.3. The maximum Gasteiger partial charge on any atom is 0.258 e. The van der Waals surface area contributed by atoms with Crippen molar-refractivity contribution in [2.45, 2.75) is 19.9 Å². The van der Waals surface area contributed by atoms with Gasteiger partial charge < -0.3 is 9.84 Å². The average Bonchev–Trinajstić information content (AvgIpc) is 3.00. The van der Waals surface area contributed by atoms with Crippen molar-refractivity contribution in [3.05, 3.63) is 34.1 Å². The Labute approximate surface area is 132 Å². The zero-order valence-corrected chi connectivity index (χ0v) is 13.9. The number of nitrogens with zero attached hydrogens (tertiary/aromatic N) is 3. The number of benzene rings is 1.